The summed E-state index contributed by atoms with van der Waals surface area (Å²) in [5, 5.41) is 0. The smallest absolute Gasteiger partial charge is 0.166 e. The number of aryl methyl sites for hydroxylation is 1. The van der Waals surface area contributed by atoms with E-state index >= 15 is 0 Å². The van der Waals surface area contributed by atoms with Crippen LogP contribution in [0.4, 0.5) is 13.2 Å². The molecule has 0 bridgehead atoms. The van der Waals surface area contributed by atoms with Crippen molar-refractivity contribution in [1.29, 1.82) is 0 Å². The molecule has 110 valence electrons. The second-order valence-electron chi connectivity index (χ2n) is 5.69. The molecule has 2 aromatic rings. The van der Waals surface area contributed by atoms with Gasteiger partial charge in [0.25, 0.3) is 0 Å². The lowest BCUT2D eigenvalue weighted by atomic mass is 9.79. The maximum absolute atomic E-state index is 12.8. The molecule has 0 amide bonds. The molecule has 3 rings (SSSR count). The van der Waals surface area contributed by atoms with E-state index in [-0.39, 0.29) is 0 Å². The maximum atomic E-state index is 12.8. The van der Waals surface area contributed by atoms with E-state index in [9.17, 15) is 13.2 Å². The monoisotopic (exact) mass is 290 g/mol. The minimum absolute atomic E-state index is 0.332. The molecule has 1 aliphatic carbocycles. The van der Waals surface area contributed by atoms with Gasteiger partial charge in [-0.15, -0.1) is 0 Å². The molecule has 3 heteroatoms. The predicted molar refractivity (Wildman–Crippen MR) is 77.3 cm³/mol. The van der Waals surface area contributed by atoms with Gasteiger partial charge in [-0.25, -0.2) is 0 Å². The zero-order chi connectivity index (χ0) is 14.9. The normalized spacial score (nSPS) is 18.3. The number of rotatable bonds is 2. The van der Waals surface area contributed by atoms with Crippen molar-refractivity contribution >= 4 is 0 Å². The van der Waals surface area contributed by atoms with Crippen LogP contribution in [0, 0.1) is 0 Å². The van der Waals surface area contributed by atoms with Gasteiger partial charge in [0.2, 0.25) is 0 Å². The summed E-state index contributed by atoms with van der Waals surface area (Å²) >= 11 is 0. The topological polar surface area (TPSA) is 0 Å². The first-order chi connectivity index (χ1) is 10.0. The third kappa shape index (κ3) is 3.12. The lowest BCUT2D eigenvalue weighted by molar-refractivity contribution is -0.137. The first kappa shape index (κ1) is 14.2. The summed E-state index contributed by atoms with van der Waals surface area (Å²) in [5.41, 5.74) is 2.87. The molecule has 0 fully saturated rings. The second-order valence-corrected chi connectivity index (χ2v) is 5.69. The minimum Gasteiger partial charge on any atom is -0.166 e. The summed E-state index contributed by atoms with van der Waals surface area (Å²) in [6.07, 6.45) is -0.343. The van der Waals surface area contributed by atoms with Gasteiger partial charge in [-0.05, 0) is 54.4 Å². The molecular formula is C18H17F3. The Morgan fingerprint density at radius 3 is 2.62 bits per heavy atom. The first-order valence-corrected chi connectivity index (χ1v) is 7.28. The lowest BCUT2D eigenvalue weighted by Gasteiger charge is -2.25. The van der Waals surface area contributed by atoms with Crippen LogP contribution in [0.5, 0.6) is 0 Å². The van der Waals surface area contributed by atoms with Crippen LogP contribution < -0.4 is 0 Å². The van der Waals surface area contributed by atoms with E-state index in [1.807, 2.05) is 12.1 Å². The van der Waals surface area contributed by atoms with Crippen molar-refractivity contribution < 1.29 is 13.2 Å². The molecule has 0 heterocycles. The van der Waals surface area contributed by atoms with Crippen LogP contribution in [-0.2, 0) is 19.0 Å². The molecule has 2 aromatic carbocycles. The molecule has 0 spiro atoms. The molecule has 0 aliphatic heterocycles. The molecule has 0 N–H and O–H groups in total. The number of alkyl halides is 3. The summed E-state index contributed by atoms with van der Waals surface area (Å²) in [6, 6.07) is 14.0. The van der Waals surface area contributed by atoms with Crippen molar-refractivity contribution in [3.05, 3.63) is 70.8 Å². The fraction of sp³-hybridized carbons (Fsp3) is 0.333. The fourth-order valence-electron chi connectivity index (χ4n) is 3.23. The average molecular weight is 290 g/mol. The van der Waals surface area contributed by atoms with Gasteiger partial charge in [0, 0.05) is 0 Å². The Morgan fingerprint density at radius 2 is 1.81 bits per heavy atom. The van der Waals surface area contributed by atoms with Crippen molar-refractivity contribution in [3.8, 4) is 0 Å². The second kappa shape index (κ2) is 5.55. The van der Waals surface area contributed by atoms with Gasteiger partial charge >= 0.3 is 6.18 Å². The molecule has 1 unspecified atom stereocenters. The standard InChI is InChI=1S/C18H17F3/c19-18(20,21)16-9-3-5-13(12-16)11-15-8-4-7-14-6-1-2-10-17(14)15/h1-3,5-6,9-10,12,15H,4,7-8,11H2. The Hall–Kier alpha value is -1.77. The largest absolute Gasteiger partial charge is 0.416 e. The zero-order valence-corrected chi connectivity index (χ0v) is 11.7. The van der Waals surface area contributed by atoms with Gasteiger partial charge in [-0.2, -0.15) is 13.2 Å². The van der Waals surface area contributed by atoms with Gasteiger partial charge in [0.05, 0.1) is 5.56 Å². The van der Waals surface area contributed by atoms with Crippen molar-refractivity contribution in [2.24, 2.45) is 0 Å². The zero-order valence-electron chi connectivity index (χ0n) is 11.7. The van der Waals surface area contributed by atoms with Crippen LogP contribution in [0.1, 0.15) is 41.0 Å². The molecule has 1 atom stereocenters. The van der Waals surface area contributed by atoms with E-state index in [0.717, 1.165) is 30.9 Å². The van der Waals surface area contributed by atoms with Crippen LogP contribution in [0.3, 0.4) is 0 Å². The molecule has 0 aromatic heterocycles. The Kier molecular flexibility index (Phi) is 3.75. The summed E-state index contributed by atoms with van der Waals surface area (Å²) in [4.78, 5) is 0. The van der Waals surface area contributed by atoms with Crippen LogP contribution in [0.25, 0.3) is 0 Å². The Balaban J connectivity index is 1.85. The van der Waals surface area contributed by atoms with Crippen LogP contribution in [-0.4, -0.2) is 0 Å². The van der Waals surface area contributed by atoms with Crippen molar-refractivity contribution in [1.82, 2.24) is 0 Å². The average Bonchev–Trinajstić information content (AvgIpc) is 2.47. The van der Waals surface area contributed by atoms with E-state index in [0.29, 0.717) is 12.3 Å². The molecule has 0 nitrogen and oxygen atoms in total. The first-order valence-electron chi connectivity index (χ1n) is 7.28. The van der Waals surface area contributed by atoms with Gasteiger partial charge in [-0.3, -0.25) is 0 Å². The highest BCUT2D eigenvalue weighted by Crippen LogP contribution is 2.35. The van der Waals surface area contributed by atoms with Crippen molar-refractivity contribution in [2.75, 3.05) is 0 Å². The van der Waals surface area contributed by atoms with E-state index in [1.165, 1.54) is 23.3 Å². The van der Waals surface area contributed by atoms with E-state index in [2.05, 4.69) is 12.1 Å². The quantitative estimate of drug-likeness (QED) is 0.697. The van der Waals surface area contributed by atoms with Gasteiger partial charge < -0.3 is 0 Å². The maximum Gasteiger partial charge on any atom is 0.416 e. The predicted octanol–water partition coefficient (Wildman–Crippen LogP) is 5.37. The molecular weight excluding hydrogens is 273 g/mol. The van der Waals surface area contributed by atoms with E-state index in [4.69, 9.17) is 0 Å². The number of fused-ring (bicyclic) bond motifs is 1. The molecule has 0 saturated carbocycles. The summed E-state index contributed by atoms with van der Waals surface area (Å²) in [7, 11) is 0. The molecule has 21 heavy (non-hydrogen) atoms. The van der Waals surface area contributed by atoms with Crippen molar-refractivity contribution in [2.45, 2.75) is 37.8 Å². The SMILES string of the molecule is FC(F)(F)c1cccc(CC2CCCc3ccccc32)c1. The van der Waals surface area contributed by atoms with Gasteiger partial charge in [0.1, 0.15) is 0 Å². The molecule has 0 saturated heterocycles. The minimum atomic E-state index is -4.26. The van der Waals surface area contributed by atoms with E-state index in [1.54, 1.807) is 6.07 Å². The summed E-state index contributed by atoms with van der Waals surface area (Å²) in [6.45, 7) is 0. The Bertz CT molecular complexity index is 628. The third-order valence-electron chi connectivity index (χ3n) is 4.23. The lowest BCUT2D eigenvalue weighted by Crippen LogP contribution is -2.12. The van der Waals surface area contributed by atoms with E-state index < -0.39 is 11.7 Å². The van der Waals surface area contributed by atoms with Crippen molar-refractivity contribution in [3.63, 3.8) is 0 Å². The Labute approximate surface area is 122 Å². The number of benzene rings is 2. The number of halogens is 3. The van der Waals surface area contributed by atoms with Crippen LogP contribution in [0.2, 0.25) is 0 Å². The summed E-state index contributed by atoms with van der Waals surface area (Å²) < 4.78 is 38.4. The number of hydrogen-bond acceptors (Lipinski definition) is 0. The van der Waals surface area contributed by atoms with Crippen LogP contribution in [0.15, 0.2) is 48.5 Å². The fourth-order valence-corrected chi connectivity index (χ4v) is 3.23. The van der Waals surface area contributed by atoms with Gasteiger partial charge in [-0.1, -0.05) is 42.5 Å². The molecule has 1 aliphatic rings. The summed E-state index contributed by atoms with van der Waals surface area (Å²) in [5.74, 6) is 0.332. The van der Waals surface area contributed by atoms with Crippen LogP contribution >= 0.6 is 0 Å². The number of hydrogen-bond donors (Lipinski definition) is 0. The highest BCUT2D eigenvalue weighted by Gasteiger charge is 2.30. The highest BCUT2D eigenvalue weighted by atomic mass is 19.4. The highest BCUT2D eigenvalue weighted by molar-refractivity contribution is 5.35. The Morgan fingerprint density at radius 1 is 1.00 bits per heavy atom. The third-order valence-corrected chi connectivity index (χ3v) is 4.23. The van der Waals surface area contributed by atoms with Gasteiger partial charge in [0.15, 0.2) is 0 Å². The molecule has 0 radical (unpaired) electrons.